The highest BCUT2D eigenvalue weighted by atomic mass is 32.1. The number of hydrogen-bond acceptors (Lipinski definition) is 2. The highest BCUT2D eigenvalue weighted by Crippen LogP contribution is 2.27. The molecular formula is C10H16OS. The second kappa shape index (κ2) is 5.20. The summed E-state index contributed by atoms with van der Waals surface area (Å²) in [6.45, 7) is 5.17. The summed E-state index contributed by atoms with van der Waals surface area (Å²) in [6.07, 6.45) is 3.42. The minimum atomic E-state index is 0.844. The Morgan fingerprint density at radius 3 is 2.83 bits per heavy atom. The van der Waals surface area contributed by atoms with E-state index < -0.39 is 0 Å². The lowest BCUT2D eigenvalue weighted by Crippen LogP contribution is -1.95. The number of rotatable bonds is 5. The van der Waals surface area contributed by atoms with E-state index in [1.165, 1.54) is 12.0 Å². The van der Waals surface area contributed by atoms with Crippen LogP contribution in [0.25, 0.3) is 0 Å². The number of aryl methyl sites for hydroxylation is 1. The zero-order valence-corrected chi connectivity index (χ0v) is 8.62. The quantitative estimate of drug-likeness (QED) is 0.680. The predicted molar refractivity (Wildman–Crippen MR) is 54.1 cm³/mol. The molecule has 0 aliphatic carbocycles. The van der Waals surface area contributed by atoms with Gasteiger partial charge in [-0.25, -0.2) is 0 Å². The minimum Gasteiger partial charge on any atom is -0.484 e. The molecule has 0 fully saturated rings. The third-order valence-corrected chi connectivity index (χ3v) is 2.53. The minimum absolute atomic E-state index is 0.844. The Bertz CT molecular complexity index is 217. The van der Waals surface area contributed by atoms with Gasteiger partial charge in [-0.2, -0.15) is 0 Å². The van der Waals surface area contributed by atoms with E-state index in [1.54, 1.807) is 11.3 Å². The maximum atomic E-state index is 5.60. The average molecular weight is 184 g/mol. The molecule has 0 atom stereocenters. The first-order valence-corrected chi connectivity index (χ1v) is 5.45. The topological polar surface area (TPSA) is 9.23 Å². The Balaban J connectivity index is 2.51. The van der Waals surface area contributed by atoms with Gasteiger partial charge in [0.2, 0.25) is 0 Å². The zero-order valence-electron chi connectivity index (χ0n) is 7.80. The van der Waals surface area contributed by atoms with Crippen molar-refractivity contribution in [3.8, 4) is 5.06 Å². The lowest BCUT2D eigenvalue weighted by Gasteiger charge is -2.03. The summed E-state index contributed by atoms with van der Waals surface area (Å²) in [7, 11) is 0. The van der Waals surface area contributed by atoms with Crippen molar-refractivity contribution in [1.82, 2.24) is 0 Å². The van der Waals surface area contributed by atoms with E-state index in [9.17, 15) is 0 Å². The molecule has 1 nitrogen and oxygen atoms in total. The Labute approximate surface area is 78.4 Å². The van der Waals surface area contributed by atoms with Crippen LogP contribution < -0.4 is 4.74 Å². The van der Waals surface area contributed by atoms with E-state index in [-0.39, 0.29) is 0 Å². The maximum absolute atomic E-state index is 5.60. The molecule has 0 saturated carbocycles. The van der Waals surface area contributed by atoms with Crippen LogP contribution in [0.3, 0.4) is 0 Å². The molecule has 0 radical (unpaired) electrons. The Morgan fingerprint density at radius 1 is 1.33 bits per heavy atom. The van der Waals surface area contributed by atoms with Crippen molar-refractivity contribution in [2.24, 2.45) is 0 Å². The molecule has 0 bridgehead atoms. The van der Waals surface area contributed by atoms with E-state index in [0.717, 1.165) is 24.5 Å². The Morgan fingerprint density at radius 2 is 2.17 bits per heavy atom. The van der Waals surface area contributed by atoms with Crippen molar-refractivity contribution in [2.45, 2.75) is 33.1 Å². The van der Waals surface area contributed by atoms with Gasteiger partial charge in [0, 0.05) is 5.56 Å². The summed E-state index contributed by atoms with van der Waals surface area (Å²) in [4.78, 5) is 0. The molecule has 12 heavy (non-hydrogen) atoms. The van der Waals surface area contributed by atoms with Gasteiger partial charge in [0.05, 0.1) is 6.61 Å². The van der Waals surface area contributed by atoms with E-state index in [2.05, 4.69) is 25.3 Å². The van der Waals surface area contributed by atoms with Gasteiger partial charge < -0.3 is 4.74 Å². The molecule has 1 aromatic rings. The molecule has 0 spiro atoms. The van der Waals surface area contributed by atoms with Crippen LogP contribution in [0.5, 0.6) is 5.06 Å². The molecule has 1 heterocycles. The van der Waals surface area contributed by atoms with Crippen molar-refractivity contribution in [3.63, 3.8) is 0 Å². The summed E-state index contributed by atoms with van der Waals surface area (Å²) in [5, 5.41) is 3.23. The van der Waals surface area contributed by atoms with Crippen LogP contribution in [0.2, 0.25) is 0 Å². The van der Waals surface area contributed by atoms with Crippen molar-refractivity contribution in [1.29, 1.82) is 0 Å². The van der Waals surface area contributed by atoms with E-state index in [4.69, 9.17) is 4.74 Å². The fourth-order valence-electron chi connectivity index (χ4n) is 1.10. The number of ether oxygens (including phenoxy) is 1. The number of thiophene rings is 1. The SMILES string of the molecule is CCCOc1sccc1CCC. The highest BCUT2D eigenvalue weighted by Gasteiger charge is 2.02. The molecule has 1 aromatic heterocycles. The predicted octanol–water partition coefficient (Wildman–Crippen LogP) is 3.49. The molecule has 0 saturated heterocycles. The van der Waals surface area contributed by atoms with Crippen molar-refractivity contribution < 1.29 is 4.74 Å². The van der Waals surface area contributed by atoms with E-state index in [0.29, 0.717) is 0 Å². The van der Waals surface area contributed by atoms with Gasteiger partial charge in [0.25, 0.3) is 0 Å². The van der Waals surface area contributed by atoms with Crippen molar-refractivity contribution >= 4 is 11.3 Å². The van der Waals surface area contributed by atoms with Gasteiger partial charge in [-0.15, -0.1) is 11.3 Å². The van der Waals surface area contributed by atoms with Crippen LogP contribution in [0.4, 0.5) is 0 Å². The van der Waals surface area contributed by atoms with E-state index in [1.807, 2.05) is 0 Å². The first kappa shape index (κ1) is 9.59. The van der Waals surface area contributed by atoms with Gasteiger partial charge in [-0.05, 0) is 24.3 Å². The van der Waals surface area contributed by atoms with Gasteiger partial charge >= 0.3 is 0 Å². The average Bonchev–Trinajstić information content (AvgIpc) is 2.50. The Kier molecular flexibility index (Phi) is 4.15. The largest absolute Gasteiger partial charge is 0.484 e. The van der Waals surface area contributed by atoms with Gasteiger partial charge in [0.1, 0.15) is 0 Å². The lowest BCUT2D eigenvalue weighted by atomic mass is 10.2. The fraction of sp³-hybridized carbons (Fsp3) is 0.600. The highest BCUT2D eigenvalue weighted by molar-refractivity contribution is 7.12. The lowest BCUT2D eigenvalue weighted by molar-refractivity contribution is 0.323. The summed E-state index contributed by atoms with van der Waals surface area (Å²) in [6, 6.07) is 2.17. The molecule has 0 amide bonds. The number of hydrogen-bond donors (Lipinski definition) is 0. The summed E-state index contributed by atoms with van der Waals surface area (Å²) in [5.74, 6) is 0. The van der Waals surface area contributed by atoms with Gasteiger partial charge in [-0.1, -0.05) is 20.3 Å². The summed E-state index contributed by atoms with van der Waals surface area (Å²) >= 11 is 1.71. The molecule has 68 valence electrons. The molecule has 0 aromatic carbocycles. The molecule has 0 unspecified atom stereocenters. The normalized spacial score (nSPS) is 10.2. The fourth-order valence-corrected chi connectivity index (χ4v) is 1.93. The Hall–Kier alpha value is -0.500. The molecule has 2 heteroatoms. The van der Waals surface area contributed by atoms with E-state index >= 15 is 0 Å². The maximum Gasteiger partial charge on any atom is 0.176 e. The smallest absolute Gasteiger partial charge is 0.176 e. The monoisotopic (exact) mass is 184 g/mol. The molecule has 1 rings (SSSR count). The van der Waals surface area contributed by atoms with Crippen LogP contribution in [0.15, 0.2) is 11.4 Å². The van der Waals surface area contributed by atoms with Crippen molar-refractivity contribution in [3.05, 3.63) is 17.0 Å². The first-order valence-electron chi connectivity index (χ1n) is 4.57. The second-order valence-corrected chi connectivity index (χ2v) is 3.71. The van der Waals surface area contributed by atoms with Crippen LogP contribution in [-0.2, 0) is 6.42 Å². The van der Waals surface area contributed by atoms with Gasteiger partial charge in [0.15, 0.2) is 5.06 Å². The van der Waals surface area contributed by atoms with Gasteiger partial charge in [-0.3, -0.25) is 0 Å². The first-order chi connectivity index (χ1) is 5.88. The third-order valence-electron chi connectivity index (χ3n) is 1.66. The zero-order chi connectivity index (χ0) is 8.81. The van der Waals surface area contributed by atoms with Crippen LogP contribution in [-0.4, -0.2) is 6.61 Å². The van der Waals surface area contributed by atoms with Crippen molar-refractivity contribution in [2.75, 3.05) is 6.61 Å². The van der Waals surface area contributed by atoms with Crippen LogP contribution in [0.1, 0.15) is 32.3 Å². The van der Waals surface area contributed by atoms with Crippen LogP contribution in [0, 0.1) is 0 Å². The molecule has 0 aliphatic rings. The van der Waals surface area contributed by atoms with Crippen LogP contribution >= 0.6 is 11.3 Å². The summed E-state index contributed by atoms with van der Waals surface area (Å²) < 4.78 is 5.60. The third kappa shape index (κ3) is 2.52. The standard InChI is InChI=1S/C10H16OS/c1-3-5-9-6-8-12-10(9)11-7-4-2/h6,8H,3-5,7H2,1-2H3. The second-order valence-electron chi connectivity index (χ2n) is 2.83. The molecule has 0 N–H and O–H groups in total. The molecule has 0 aliphatic heterocycles. The molecular weight excluding hydrogens is 168 g/mol. The summed E-state index contributed by atoms with van der Waals surface area (Å²) in [5.41, 5.74) is 1.37.